The lowest BCUT2D eigenvalue weighted by Crippen LogP contribution is -2.39. The van der Waals surface area contributed by atoms with E-state index in [9.17, 15) is 4.79 Å². The van der Waals surface area contributed by atoms with Crippen molar-refractivity contribution in [3.8, 4) is 0 Å². The maximum atomic E-state index is 11.0. The van der Waals surface area contributed by atoms with E-state index in [0.29, 0.717) is 19.7 Å². The van der Waals surface area contributed by atoms with Crippen LogP contribution in [-0.2, 0) is 4.74 Å². The molecule has 0 saturated heterocycles. The molecule has 0 saturated carbocycles. The van der Waals surface area contributed by atoms with Crippen molar-refractivity contribution in [1.82, 2.24) is 5.32 Å². The number of hydrogen-bond acceptors (Lipinski definition) is 4. The predicted molar refractivity (Wildman–Crippen MR) is 63.0 cm³/mol. The third-order valence-electron chi connectivity index (χ3n) is 1.99. The Bertz CT molecular complexity index is 316. The Morgan fingerprint density at radius 1 is 1.44 bits per heavy atom. The molecule has 0 aromatic heterocycles. The van der Waals surface area contributed by atoms with E-state index in [1.807, 2.05) is 30.3 Å². The molecule has 0 spiro atoms. The third kappa shape index (κ3) is 4.18. The molecule has 5 nitrogen and oxygen atoms in total. The highest BCUT2D eigenvalue weighted by molar-refractivity contribution is 5.67. The summed E-state index contributed by atoms with van der Waals surface area (Å²) in [6, 6.07) is 9.56. The van der Waals surface area contributed by atoms with Crippen LogP contribution >= 0.6 is 0 Å². The van der Waals surface area contributed by atoms with Crippen molar-refractivity contribution < 1.29 is 9.53 Å². The summed E-state index contributed by atoms with van der Waals surface area (Å²) in [5.74, 6) is 5.80. The van der Waals surface area contributed by atoms with Crippen LogP contribution in [-0.4, -0.2) is 25.8 Å². The molecule has 1 aromatic carbocycles. The quantitative estimate of drug-likeness (QED) is 0.579. The van der Waals surface area contributed by atoms with Gasteiger partial charge in [0.05, 0.1) is 18.8 Å². The van der Waals surface area contributed by atoms with Crippen LogP contribution in [0.15, 0.2) is 30.3 Å². The van der Waals surface area contributed by atoms with Gasteiger partial charge in [0.1, 0.15) is 0 Å². The number of ether oxygens (including phenoxy) is 1. The summed E-state index contributed by atoms with van der Waals surface area (Å²) in [5.41, 5.74) is 0.910. The van der Waals surface area contributed by atoms with Gasteiger partial charge in [-0.2, -0.15) is 0 Å². The van der Waals surface area contributed by atoms with Gasteiger partial charge in [0.2, 0.25) is 0 Å². The highest BCUT2D eigenvalue weighted by atomic mass is 16.5. The van der Waals surface area contributed by atoms with Gasteiger partial charge in [-0.25, -0.2) is 10.6 Å². The maximum Gasteiger partial charge on any atom is 0.407 e. The average Bonchev–Trinajstić information content (AvgIpc) is 2.30. The number of rotatable bonds is 5. The molecule has 0 aliphatic rings. The van der Waals surface area contributed by atoms with Crippen molar-refractivity contribution in [2.75, 3.05) is 24.7 Å². The van der Waals surface area contributed by atoms with Crippen molar-refractivity contribution in [1.29, 1.82) is 0 Å². The summed E-state index contributed by atoms with van der Waals surface area (Å²) in [6.45, 7) is 3.11. The van der Waals surface area contributed by atoms with Crippen LogP contribution in [0.3, 0.4) is 0 Å². The Balaban J connectivity index is 2.26. The molecule has 1 rings (SSSR count). The van der Waals surface area contributed by atoms with Crippen molar-refractivity contribution in [2.24, 2.45) is 5.84 Å². The molecule has 0 heterocycles. The lowest BCUT2D eigenvalue weighted by atomic mass is 10.3. The van der Waals surface area contributed by atoms with Gasteiger partial charge in [-0.1, -0.05) is 18.2 Å². The molecule has 1 amide bonds. The first-order valence-electron chi connectivity index (χ1n) is 5.22. The van der Waals surface area contributed by atoms with Crippen molar-refractivity contribution in [2.45, 2.75) is 6.92 Å². The van der Waals surface area contributed by atoms with E-state index in [1.54, 1.807) is 11.9 Å². The van der Waals surface area contributed by atoms with Crippen LogP contribution in [0, 0.1) is 0 Å². The molecule has 0 fully saturated rings. The molecule has 0 atom stereocenters. The molecule has 5 heteroatoms. The smallest absolute Gasteiger partial charge is 0.407 e. The number of alkyl carbamates (subject to hydrolysis) is 1. The van der Waals surface area contributed by atoms with Crippen molar-refractivity contribution >= 4 is 11.8 Å². The predicted octanol–water partition coefficient (Wildman–Crippen LogP) is 1.11. The number of nitrogens with two attached hydrogens (primary N) is 1. The molecule has 3 N–H and O–H groups in total. The summed E-state index contributed by atoms with van der Waals surface area (Å²) < 4.78 is 4.72. The Labute approximate surface area is 95.2 Å². The SMILES string of the molecule is CCOC(=O)NCCN(N)c1ccccc1. The molecule has 16 heavy (non-hydrogen) atoms. The Hall–Kier alpha value is -1.75. The molecule has 1 aromatic rings. The Kier molecular flexibility index (Phi) is 5.15. The number of benzene rings is 1. The fraction of sp³-hybridized carbons (Fsp3) is 0.364. The largest absolute Gasteiger partial charge is 0.450 e. The minimum Gasteiger partial charge on any atom is -0.450 e. The van der Waals surface area contributed by atoms with E-state index < -0.39 is 6.09 Å². The minimum atomic E-state index is -0.413. The molecule has 0 unspecified atom stereocenters. The zero-order valence-electron chi connectivity index (χ0n) is 9.35. The van der Waals surface area contributed by atoms with Gasteiger partial charge in [0, 0.05) is 6.54 Å². The van der Waals surface area contributed by atoms with Gasteiger partial charge >= 0.3 is 6.09 Å². The van der Waals surface area contributed by atoms with E-state index in [4.69, 9.17) is 10.6 Å². The first-order chi connectivity index (χ1) is 7.74. The van der Waals surface area contributed by atoms with Crippen LogP contribution < -0.4 is 16.2 Å². The molecule has 0 bridgehead atoms. The van der Waals surface area contributed by atoms with Gasteiger partial charge < -0.3 is 15.1 Å². The van der Waals surface area contributed by atoms with Crippen molar-refractivity contribution in [3.63, 3.8) is 0 Å². The number of hydrazine groups is 1. The fourth-order valence-corrected chi connectivity index (χ4v) is 1.21. The van der Waals surface area contributed by atoms with Crippen LogP contribution in [0.5, 0.6) is 0 Å². The summed E-state index contributed by atoms with van der Waals surface area (Å²) in [5, 5.41) is 4.18. The number of nitrogens with one attached hydrogen (secondary N) is 1. The van der Waals surface area contributed by atoms with Gasteiger partial charge in [0.15, 0.2) is 0 Å². The monoisotopic (exact) mass is 223 g/mol. The Morgan fingerprint density at radius 2 is 2.12 bits per heavy atom. The number of nitrogens with zero attached hydrogens (tertiary/aromatic N) is 1. The van der Waals surface area contributed by atoms with E-state index in [0.717, 1.165) is 5.69 Å². The van der Waals surface area contributed by atoms with Gasteiger partial charge in [0.25, 0.3) is 0 Å². The Morgan fingerprint density at radius 3 is 2.75 bits per heavy atom. The number of para-hydroxylation sites is 1. The van der Waals surface area contributed by atoms with Crippen LogP contribution in [0.1, 0.15) is 6.92 Å². The topological polar surface area (TPSA) is 67.6 Å². The summed E-state index contributed by atoms with van der Waals surface area (Å²) >= 11 is 0. The summed E-state index contributed by atoms with van der Waals surface area (Å²) in [6.07, 6.45) is -0.413. The zero-order chi connectivity index (χ0) is 11.8. The van der Waals surface area contributed by atoms with Crippen molar-refractivity contribution in [3.05, 3.63) is 30.3 Å². The summed E-state index contributed by atoms with van der Waals surface area (Å²) in [7, 11) is 0. The first-order valence-corrected chi connectivity index (χ1v) is 5.22. The second-order valence-electron chi connectivity index (χ2n) is 3.18. The molecule has 88 valence electrons. The second kappa shape index (κ2) is 6.68. The van der Waals surface area contributed by atoms with Crippen LogP contribution in [0.4, 0.5) is 10.5 Å². The average molecular weight is 223 g/mol. The van der Waals surface area contributed by atoms with E-state index in [2.05, 4.69) is 5.32 Å². The second-order valence-corrected chi connectivity index (χ2v) is 3.18. The number of amides is 1. The standard InChI is InChI=1S/C11H17N3O2/c1-2-16-11(15)13-8-9-14(12)10-6-4-3-5-7-10/h3-7H,2,8-9,12H2,1H3,(H,13,15). The number of hydrogen-bond donors (Lipinski definition) is 2. The molecule has 0 aliphatic heterocycles. The normalized spacial score (nSPS) is 9.62. The van der Waals surface area contributed by atoms with E-state index in [-0.39, 0.29) is 0 Å². The molecule has 0 radical (unpaired) electrons. The minimum absolute atomic E-state index is 0.372. The maximum absolute atomic E-state index is 11.0. The molecular weight excluding hydrogens is 206 g/mol. The van der Waals surface area contributed by atoms with Gasteiger partial charge in [-0.05, 0) is 19.1 Å². The highest BCUT2D eigenvalue weighted by Crippen LogP contribution is 2.07. The highest BCUT2D eigenvalue weighted by Gasteiger charge is 2.02. The van der Waals surface area contributed by atoms with Gasteiger partial charge in [-0.3, -0.25) is 0 Å². The third-order valence-corrected chi connectivity index (χ3v) is 1.99. The fourth-order valence-electron chi connectivity index (χ4n) is 1.21. The van der Waals surface area contributed by atoms with Crippen LogP contribution in [0.25, 0.3) is 0 Å². The van der Waals surface area contributed by atoms with Gasteiger partial charge in [-0.15, -0.1) is 0 Å². The zero-order valence-corrected chi connectivity index (χ0v) is 9.35. The summed E-state index contributed by atoms with van der Waals surface area (Å²) in [4.78, 5) is 11.0. The van der Waals surface area contributed by atoms with Crippen LogP contribution in [0.2, 0.25) is 0 Å². The number of carbonyl (C=O) groups excluding carboxylic acids is 1. The lowest BCUT2D eigenvalue weighted by Gasteiger charge is -2.18. The molecule has 0 aliphatic carbocycles. The van der Waals surface area contributed by atoms with E-state index in [1.165, 1.54) is 0 Å². The number of anilines is 1. The lowest BCUT2D eigenvalue weighted by molar-refractivity contribution is 0.152. The van der Waals surface area contributed by atoms with E-state index >= 15 is 0 Å². The molecular formula is C11H17N3O2. The number of carbonyl (C=O) groups is 1. The first kappa shape index (κ1) is 12.3.